The van der Waals surface area contributed by atoms with Gasteiger partial charge in [-0.2, -0.15) is 0 Å². The lowest BCUT2D eigenvalue weighted by Gasteiger charge is -1.99. The molecule has 2 rings (SSSR count). The molecule has 0 fully saturated rings. The molecule has 0 aliphatic rings. The van der Waals surface area contributed by atoms with E-state index >= 15 is 0 Å². The van der Waals surface area contributed by atoms with Crippen LogP contribution in [-0.4, -0.2) is 14.5 Å². The van der Waals surface area contributed by atoms with Crippen molar-refractivity contribution in [1.82, 2.24) is 9.55 Å². The second kappa shape index (κ2) is 4.44. The van der Waals surface area contributed by atoms with Crippen LogP contribution < -0.4 is 0 Å². The Morgan fingerprint density at radius 2 is 2.31 bits per heavy atom. The summed E-state index contributed by atoms with van der Waals surface area (Å²) in [6.45, 7) is 0. The lowest BCUT2D eigenvalue weighted by molar-refractivity contribution is -0.380. The van der Waals surface area contributed by atoms with Crippen LogP contribution in [0, 0.1) is 10.1 Å². The molecule has 16 heavy (non-hydrogen) atoms. The highest BCUT2D eigenvalue weighted by atomic mass is 32.1. The fraction of sp³-hybridized carbons (Fsp3) is 0.300. The number of nitrogens with zero attached hydrogens (tertiary/aromatic N) is 3. The lowest BCUT2D eigenvalue weighted by Crippen LogP contribution is -1.98. The van der Waals surface area contributed by atoms with Crippen LogP contribution >= 0.6 is 11.3 Å². The number of imidazole rings is 1. The molecule has 2 aromatic rings. The molecule has 0 amide bonds. The van der Waals surface area contributed by atoms with Gasteiger partial charge in [-0.25, -0.2) is 4.98 Å². The molecule has 0 unspecified atom stereocenters. The van der Waals surface area contributed by atoms with Gasteiger partial charge in [0, 0.05) is 36.8 Å². The molecule has 0 atom stereocenters. The zero-order valence-corrected chi connectivity index (χ0v) is 9.61. The number of hydrogen-bond acceptors (Lipinski definition) is 4. The third-order valence-electron chi connectivity index (χ3n) is 2.34. The number of hydrogen-bond donors (Lipinski definition) is 0. The SMILES string of the molecule is Cn1ccnc1CCc1ccc([N+](=O)[O-])s1. The molecule has 0 aliphatic carbocycles. The highest BCUT2D eigenvalue weighted by molar-refractivity contribution is 7.15. The van der Waals surface area contributed by atoms with Crippen molar-refractivity contribution < 1.29 is 4.92 Å². The van der Waals surface area contributed by atoms with E-state index in [0.29, 0.717) is 0 Å². The third kappa shape index (κ3) is 2.27. The molecule has 0 saturated heterocycles. The Morgan fingerprint density at radius 3 is 2.88 bits per heavy atom. The minimum absolute atomic E-state index is 0.204. The van der Waals surface area contributed by atoms with Crippen molar-refractivity contribution >= 4 is 16.3 Å². The molecular weight excluding hydrogens is 226 g/mol. The summed E-state index contributed by atoms with van der Waals surface area (Å²) in [6, 6.07) is 3.37. The summed E-state index contributed by atoms with van der Waals surface area (Å²) in [7, 11) is 1.94. The molecule has 0 aliphatic heterocycles. The number of aromatic nitrogens is 2. The Morgan fingerprint density at radius 1 is 1.50 bits per heavy atom. The summed E-state index contributed by atoms with van der Waals surface area (Å²) in [4.78, 5) is 15.4. The Balaban J connectivity index is 2.00. The van der Waals surface area contributed by atoms with Crippen molar-refractivity contribution in [3.8, 4) is 0 Å². The maximum Gasteiger partial charge on any atom is 0.324 e. The normalized spacial score (nSPS) is 10.6. The van der Waals surface area contributed by atoms with E-state index < -0.39 is 0 Å². The van der Waals surface area contributed by atoms with Gasteiger partial charge in [-0.1, -0.05) is 11.3 Å². The highest BCUT2D eigenvalue weighted by Gasteiger charge is 2.10. The molecule has 5 nitrogen and oxygen atoms in total. The van der Waals surface area contributed by atoms with Crippen LogP contribution in [-0.2, 0) is 19.9 Å². The minimum Gasteiger partial charge on any atom is -0.338 e. The fourth-order valence-electron chi connectivity index (χ4n) is 1.47. The fourth-order valence-corrected chi connectivity index (χ4v) is 2.29. The van der Waals surface area contributed by atoms with Crippen LogP contribution in [0.4, 0.5) is 5.00 Å². The number of nitro groups is 1. The summed E-state index contributed by atoms with van der Waals surface area (Å²) in [5.74, 6) is 0.996. The van der Waals surface area contributed by atoms with Crippen LogP contribution in [0.2, 0.25) is 0 Å². The molecule has 0 spiro atoms. The zero-order chi connectivity index (χ0) is 11.5. The minimum atomic E-state index is -0.352. The van der Waals surface area contributed by atoms with Crippen LogP contribution in [0.15, 0.2) is 24.5 Å². The summed E-state index contributed by atoms with van der Waals surface area (Å²) in [5.41, 5.74) is 0. The number of rotatable bonds is 4. The van der Waals surface area contributed by atoms with Crippen molar-refractivity contribution in [2.45, 2.75) is 12.8 Å². The topological polar surface area (TPSA) is 61.0 Å². The van der Waals surface area contributed by atoms with Gasteiger partial charge < -0.3 is 4.57 Å². The quantitative estimate of drug-likeness (QED) is 0.604. The molecular formula is C10H11N3O2S. The van der Waals surface area contributed by atoms with Gasteiger partial charge in [-0.3, -0.25) is 10.1 Å². The standard InChI is InChI=1S/C10H11N3O2S/c1-12-7-6-11-9(12)4-2-8-3-5-10(16-8)13(14)15/h3,5-7H,2,4H2,1H3. The molecule has 0 N–H and O–H groups in total. The van der Waals surface area contributed by atoms with Crippen LogP contribution in [0.5, 0.6) is 0 Å². The predicted octanol–water partition coefficient (Wildman–Crippen LogP) is 2.17. The van der Waals surface area contributed by atoms with E-state index in [4.69, 9.17) is 0 Å². The third-order valence-corrected chi connectivity index (χ3v) is 3.44. The maximum absolute atomic E-state index is 10.5. The first kappa shape index (κ1) is 10.8. The smallest absolute Gasteiger partial charge is 0.324 e. The van der Waals surface area contributed by atoms with E-state index in [2.05, 4.69) is 4.98 Å². The van der Waals surface area contributed by atoms with Crippen molar-refractivity contribution in [3.05, 3.63) is 45.3 Å². The molecule has 0 radical (unpaired) electrons. The van der Waals surface area contributed by atoms with Crippen LogP contribution in [0.1, 0.15) is 10.7 Å². The van der Waals surface area contributed by atoms with Crippen LogP contribution in [0.25, 0.3) is 0 Å². The molecule has 0 aromatic carbocycles. The highest BCUT2D eigenvalue weighted by Crippen LogP contribution is 2.24. The number of thiophene rings is 1. The molecule has 2 heterocycles. The number of aryl methyl sites for hydroxylation is 3. The van der Waals surface area contributed by atoms with Crippen LogP contribution in [0.3, 0.4) is 0 Å². The molecule has 0 bridgehead atoms. The lowest BCUT2D eigenvalue weighted by atomic mass is 10.2. The summed E-state index contributed by atoms with van der Waals surface area (Å²) >= 11 is 1.23. The van der Waals surface area contributed by atoms with Crippen molar-refractivity contribution in [1.29, 1.82) is 0 Å². The Kier molecular flexibility index (Phi) is 3.00. The van der Waals surface area contributed by atoms with Crippen molar-refractivity contribution in [2.24, 2.45) is 7.05 Å². The van der Waals surface area contributed by atoms with Gasteiger partial charge in [0.1, 0.15) is 5.82 Å². The first-order chi connectivity index (χ1) is 7.66. The van der Waals surface area contributed by atoms with E-state index in [0.717, 1.165) is 23.5 Å². The molecule has 0 saturated carbocycles. The second-order valence-corrected chi connectivity index (χ2v) is 4.60. The monoisotopic (exact) mass is 237 g/mol. The summed E-state index contributed by atoms with van der Waals surface area (Å²) in [5, 5.41) is 10.7. The first-order valence-electron chi connectivity index (χ1n) is 4.86. The Hall–Kier alpha value is -1.69. The summed E-state index contributed by atoms with van der Waals surface area (Å²) in [6.07, 6.45) is 5.25. The molecule has 6 heteroatoms. The van der Waals surface area contributed by atoms with Gasteiger partial charge in [0.05, 0.1) is 4.92 Å². The van der Waals surface area contributed by atoms with E-state index in [1.165, 1.54) is 11.3 Å². The Bertz CT molecular complexity index is 504. The van der Waals surface area contributed by atoms with Gasteiger partial charge in [0.2, 0.25) is 0 Å². The van der Waals surface area contributed by atoms with E-state index in [1.807, 2.05) is 23.9 Å². The zero-order valence-electron chi connectivity index (χ0n) is 8.79. The average Bonchev–Trinajstić information content (AvgIpc) is 2.83. The maximum atomic E-state index is 10.5. The first-order valence-corrected chi connectivity index (χ1v) is 5.68. The van der Waals surface area contributed by atoms with E-state index in [1.54, 1.807) is 12.3 Å². The molecule has 84 valence electrons. The van der Waals surface area contributed by atoms with Gasteiger partial charge >= 0.3 is 5.00 Å². The van der Waals surface area contributed by atoms with Crippen molar-refractivity contribution in [2.75, 3.05) is 0 Å². The van der Waals surface area contributed by atoms with Gasteiger partial charge in [-0.15, -0.1) is 0 Å². The average molecular weight is 237 g/mol. The Labute approximate surface area is 96.5 Å². The van der Waals surface area contributed by atoms with Gasteiger partial charge in [-0.05, 0) is 12.5 Å². The molecule has 2 aromatic heterocycles. The van der Waals surface area contributed by atoms with Gasteiger partial charge in [0.25, 0.3) is 0 Å². The van der Waals surface area contributed by atoms with Crippen molar-refractivity contribution in [3.63, 3.8) is 0 Å². The second-order valence-electron chi connectivity index (χ2n) is 3.45. The van der Waals surface area contributed by atoms with E-state index in [-0.39, 0.29) is 9.92 Å². The van der Waals surface area contributed by atoms with Gasteiger partial charge in [0.15, 0.2) is 0 Å². The predicted molar refractivity (Wildman–Crippen MR) is 61.6 cm³/mol. The van der Waals surface area contributed by atoms with E-state index in [9.17, 15) is 10.1 Å². The largest absolute Gasteiger partial charge is 0.338 e. The summed E-state index contributed by atoms with van der Waals surface area (Å²) < 4.78 is 1.96.